The number of anilines is 2. The molecular weight excluding hydrogens is 607 g/mol. The van der Waals surface area contributed by atoms with Crippen LogP contribution in [0.15, 0.2) is 101 Å². The second-order valence-electron chi connectivity index (χ2n) is 10.7. The largest absolute Gasteiger partial charge is 0.459 e. The van der Waals surface area contributed by atoms with Crippen molar-refractivity contribution in [3.05, 3.63) is 130 Å². The van der Waals surface area contributed by atoms with Crippen LogP contribution in [-0.2, 0) is 6.54 Å². The lowest BCUT2D eigenvalue weighted by Gasteiger charge is -2.34. The zero-order valence-electron chi connectivity index (χ0n) is 23.9. The molecule has 0 atom stereocenters. The minimum absolute atomic E-state index is 0. The van der Waals surface area contributed by atoms with Crippen molar-refractivity contribution in [1.82, 2.24) is 19.8 Å². The van der Waals surface area contributed by atoms with Gasteiger partial charge in [-0.25, -0.2) is 14.4 Å². The average Bonchev–Trinajstić information content (AvgIpc) is 3.56. The highest BCUT2D eigenvalue weighted by Crippen LogP contribution is 2.34. The fourth-order valence-electron chi connectivity index (χ4n) is 5.54. The number of piperazine rings is 1. The number of hydrogen-bond acceptors (Lipinski definition) is 7. The summed E-state index contributed by atoms with van der Waals surface area (Å²) in [4.78, 5) is 43.2. The molecule has 7 rings (SSSR count). The molecular formula is C35H30ClFN6O3. The van der Waals surface area contributed by atoms with E-state index in [1.807, 2.05) is 6.07 Å². The number of aliphatic imine (C=N–C) groups is 1. The molecule has 46 heavy (non-hydrogen) atoms. The molecule has 2 aromatic heterocycles. The topological polar surface area (TPSA) is 104 Å². The summed E-state index contributed by atoms with van der Waals surface area (Å²) in [6.45, 7) is 2.01. The van der Waals surface area contributed by atoms with Crippen LogP contribution < -0.4 is 5.32 Å². The predicted octanol–water partition coefficient (Wildman–Crippen LogP) is 6.86. The Morgan fingerprint density at radius 2 is 1.59 bits per heavy atom. The van der Waals surface area contributed by atoms with Crippen LogP contribution in [-0.4, -0.2) is 63.5 Å². The molecule has 0 spiro atoms. The molecule has 0 radical (unpaired) electrons. The molecule has 2 aliphatic heterocycles. The molecule has 1 N–H and O–H groups in total. The fourth-order valence-corrected chi connectivity index (χ4v) is 5.72. The third-order valence-corrected chi connectivity index (χ3v) is 8.10. The van der Waals surface area contributed by atoms with Crippen LogP contribution in [0.2, 0.25) is 5.02 Å². The second-order valence-corrected chi connectivity index (χ2v) is 11.1. The number of furan rings is 1. The van der Waals surface area contributed by atoms with Crippen LogP contribution in [0.1, 0.15) is 45.0 Å². The van der Waals surface area contributed by atoms with Crippen LogP contribution in [0.4, 0.5) is 16.0 Å². The first-order valence-electron chi connectivity index (χ1n) is 14.4. The monoisotopic (exact) mass is 636 g/mol. The summed E-state index contributed by atoms with van der Waals surface area (Å²) in [5, 5.41) is 3.73. The molecule has 232 valence electrons. The number of halogens is 2. The smallest absolute Gasteiger partial charge is 0.289 e. The number of rotatable bonds is 5. The van der Waals surface area contributed by atoms with Gasteiger partial charge in [-0.05, 0) is 60.7 Å². The zero-order chi connectivity index (χ0) is 30.9. The Bertz CT molecular complexity index is 1940. The molecule has 0 bridgehead atoms. The first-order chi connectivity index (χ1) is 21.9. The standard InChI is InChI=1S/C34H26ClFN6O3.CH4/c35-23-9-12-25-27(18-23)31(26-4-1-2-5-28(26)36)37-19-22-20-38-34(40-30(22)25)39-24-10-7-21(8-11-24)32(43)41-13-15-42(16-14-41)33(44)29-6-3-17-45-29;/h1-12,17-18,20H,13-16,19H2,(H,38,39,40);1H4. The van der Waals surface area contributed by atoms with E-state index in [1.165, 1.54) is 12.3 Å². The summed E-state index contributed by atoms with van der Waals surface area (Å²) in [5.74, 6) is 0.0127. The van der Waals surface area contributed by atoms with E-state index >= 15 is 0 Å². The Labute approximate surface area is 270 Å². The predicted molar refractivity (Wildman–Crippen MR) is 175 cm³/mol. The van der Waals surface area contributed by atoms with Crippen LogP contribution in [0.3, 0.4) is 0 Å². The van der Waals surface area contributed by atoms with Gasteiger partial charge < -0.3 is 19.5 Å². The highest BCUT2D eigenvalue weighted by molar-refractivity contribution is 6.31. The van der Waals surface area contributed by atoms with Gasteiger partial charge in [-0.15, -0.1) is 0 Å². The first kappa shape index (κ1) is 30.7. The summed E-state index contributed by atoms with van der Waals surface area (Å²) in [6, 6.07) is 22.4. The summed E-state index contributed by atoms with van der Waals surface area (Å²) < 4.78 is 20.0. The maximum atomic E-state index is 14.8. The fraction of sp³-hybridized carbons (Fsp3) is 0.171. The average molecular weight is 637 g/mol. The zero-order valence-corrected chi connectivity index (χ0v) is 24.7. The van der Waals surface area contributed by atoms with Crippen molar-refractivity contribution < 1.29 is 18.4 Å². The Kier molecular flexibility index (Phi) is 8.63. The van der Waals surface area contributed by atoms with Crippen molar-refractivity contribution in [2.24, 2.45) is 4.99 Å². The molecule has 0 unspecified atom stereocenters. The van der Waals surface area contributed by atoms with E-state index in [-0.39, 0.29) is 31.6 Å². The summed E-state index contributed by atoms with van der Waals surface area (Å²) in [7, 11) is 0. The lowest BCUT2D eigenvalue weighted by atomic mass is 9.95. The van der Waals surface area contributed by atoms with Gasteiger partial charge in [-0.1, -0.05) is 37.2 Å². The molecule has 1 fully saturated rings. The third kappa shape index (κ3) is 5.99. The van der Waals surface area contributed by atoms with Gasteiger partial charge >= 0.3 is 0 Å². The Hall–Kier alpha value is -5.35. The summed E-state index contributed by atoms with van der Waals surface area (Å²) in [6.07, 6.45) is 3.19. The molecule has 2 amide bonds. The number of fused-ring (bicyclic) bond motifs is 3. The molecule has 4 heterocycles. The van der Waals surface area contributed by atoms with E-state index in [4.69, 9.17) is 26.0 Å². The van der Waals surface area contributed by atoms with Crippen molar-refractivity contribution in [2.45, 2.75) is 14.0 Å². The molecule has 9 nitrogen and oxygen atoms in total. The van der Waals surface area contributed by atoms with E-state index in [2.05, 4.69) is 10.3 Å². The van der Waals surface area contributed by atoms with E-state index in [9.17, 15) is 14.0 Å². The molecule has 3 aromatic carbocycles. The first-order valence-corrected chi connectivity index (χ1v) is 14.8. The lowest BCUT2D eigenvalue weighted by Crippen LogP contribution is -2.50. The second kappa shape index (κ2) is 12.9. The third-order valence-electron chi connectivity index (χ3n) is 7.87. The maximum absolute atomic E-state index is 14.8. The van der Waals surface area contributed by atoms with E-state index in [0.717, 1.165) is 11.1 Å². The van der Waals surface area contributed by atoms with Gasteiger partial charge in [0.25, 0.3) is 11.8 Å². The van der Waals surface area contributed by atoms with Gasteiger partial charge in [0.2, 0.25) is 5.95 Å². The van der Waals surface area contributed by atoms with Gasteiger partial charge in [0.05, 0.1) is 24.2 Å². The number of nitrogens with zero attached hydrogens (tertiary/aromatic N) is 5. The van der Waals surface area contributed by atoms with Crippen LogP contribution in [0.25, 0.3) is 11.3 Å². The van der Waals surface area contributed by atoms with Gasteiger partial charge in [-0.2, -0.15) is 0 Å². The van der Waals surface area contributed by atoms with Crippen molar-refractivity contribution in [3.63, 3.8) is 0 Å². The van der Waals surface area contributed by atoms with Gasteiger partial charge in [0.1, 0.15) is 5.82 Å². The number of benzene rings is 3. The summed E-state index contributed by atoms with van der Waals surface area (Å²) in [5.41, 5.74) is 5.05. The summed E-state index contributed by atoms with van der Waals surface area (Å²) >= 11 is 6.37. The Morgan fingerprint density at radius 1 is 0.848 bits per heavy atom. The molecule has 2 aliphatic rings. The number of nitrogens with one attached hydrogen (secondary N) is 1. The number of carbonyl (C=O) groups is 2. The van der Waals surface area contributed by atoms with Crippen molar-refractivity contribution >= 4 is 40.8 Å². The van der Waals surface area contributed by atoms with E-state index in [0.29, 0.717) is 76.7 Å². The lowest BCUT2D eigenvalue weighted by molar-refractivity contribution is 0.0518. The maximum Gasteiger partial charge on any atom is 0.289 e. The molecule has 0 saturated carbocycles. The number of carbonyl (C=O) groups excluding carboxylic acids is 2. The van der Waals surface area contributed by atoms with E-state index in [1.54, 1.807) is 82.7 Å². The van der Waals surface area contributed by atoms with Crippen LogP contribution in [0.5, 0.6) is 0 Å². The van der Waals surface area contributed by atoms with E-state index < -0.39 is 0 Å². The Balaban J connectivity index is 0.00000372. The number of hydrogen-bond donors (Lipinski definition) is 1. The Morgan fingerprint density at radius 3 is 2.30 bits per heavy atom. The van der Waals surface area contributed by atoms with Crippen LogP contribution >= 0.6 is 11.6 Å². The van der Waals surface area contributed by atoms with Crippen molar-refractivity contribution in [3.8, 4) is 11.3 Å². The number of aromatic nitrogens is 2. The molecule has 11 heteroatoms. The molecule has 1 saturated heterocycles. The normalized spacial score (nSPS) is 13.9. The highest BCUT2D eigenvalue weighted by Gasteiger charge is 2.27. The van der Waals surface area contributed by atoms with Gasteiger partial charge in [-0.3, -0.25) is 14.6 Å². The van der Waals surface area contributed by atoms with Gasteiger partial charge in [0.15, 0.2) is 5.76 Å². The van der Waals surface area contributed by atoms with Crippen LogP contribution in [0, 0.1) is 5.82 Å². The minimum Gasteiger partial charge on any atom is -0.459 e. The highest BCUT2D eigenvalue weighted by atomic mass is 35.5. The van der Waals surface area contributed by atoms with Crippen molar-refractivity contribution in [1.29, 1.82) is 0 Å². The van der Waals surface area contributed by atoms with Gasteiger partial charge in [0, 0.05) is 70.9 Å². The molecule has 5 aromatic rings. The van der Waals surface area contributed by atoms with Crippen molar-refractivity contribution in [2.75, 3.05) is 31.5 Å². The minimum atomic E-state index is -0.370. The molecule has 0 aliphatic carbocycles. The number of amides is 2. The quantitative estimate of drug-likeness (QED) is 0.226. The SMILES string of the molecule is C.O=C(c1ccc(Nc2ncc3c(n2)-c2ccc(Cl)cc2C(c2ccccc2F)=NC3)cc1)N1CCN(C(=O)c2ccco2)CC1.